The number of piperazine rings is 1. The van der Waals surface area contributed by atoms with E-state index in [4.69, 9.17) is 43.1 Å². The number of benzene rings is 3. The van der Waals surface area contributed by atoms with Gasteiger partial charge in [0.05, 0.1) is 28.4 Å². The van der Waals surface area contributed by atoms with E-state index in [0.717, 1.165) is 29.0 Å². The average molecular weight is 946 g/mol. The van der Waals surface area contributed by atoms with E-state index in [1.807, 2.05) is 21.9 Å². The van der Waals surface area contributed by atoms with Crippen LogP contribution in [0.5, 0.6) is 17.4 Å². The van der Waals surface area contributed by atoms with E-state index in [1.54, 1.807) is 24.4 Å². The first kappa shape index (κ1) is 45.7. The summed E-state index contributed by atoms with van der Waals surface area (Å²) in [6, 6.07) is 14.8. The van der Waals surface area contributed by atoms with Crippen molar-refractivity contribution < 1.29 is 45.0 Å². The maximum atomic E-state index is 15.7. The number of rotatable bonds is 15. The van der Waals surface area contributed by atoms with Crippen molar-refractivity contribution >= 4 is 61.1 Å². The van der Waals surface area contributed by atoms with Gasteiger partial charge in [0.1, 0.15) is 35.5 Å². The third-order valence-corrected chi connectivity index (χ3v) is 14.4. The first-order chi connectivity index (χ1) is 30.8. The van der Waals surface area contributed by atoms with E-state index < -0.39 is 62.2 Å². The Morgan fingerprint density at radius 3 is 2.41 bits per heavy atom. The summed E-state index contributed by atoms with van der Waals surface area (Å²) in [4.78, 5) is 25.1. The van der Waals surface area contributed by atoms with Gasteiger partial charge in [-0.1, -0.05) is 35.3 Å². The molecule has 5 aromatic rings. The van der Waals surface area contributed by atoms with E-state index in [-0.39, 0.29) is 73.7 Å². The predicted molar refractivity (Wildman–Crippen MR) is 236 cm³/mol. The molecule has 3 N–H and O–H groups in total. The van der Waals surface area contributed by atoms with Crippen LogP contribution in [0.1, 0.15) is 35.2 Å². The summed E-state index contributed by atoms with van der Waals surface area (Å²) in [6.45, 7) is 1.20. The Labute approximate surface area is 377 Å². The van der Waals surface area contributed by atoms with Crippen LogP contribution < -0.4 is 20.1 Å². The Balaban J connectivity index is 1.14. The lowest BCUT2D eigenvalue weighted by molar-refractivity contribution is -0.0331. The molecule has 2 saturated heterocycles. The SMILES string of the molecule is NC(=O)c1ccc(N2CCN(CC3=C(c4ccc(Cl)cc4)CCN(C(CF)CF)C3)CC2)c(S(=O)(=O)c2cnc(OCC3(F)CCOCC3)c(Cl)c2)c1Oc1cc2cc[nH]c2cc1F. The Morgan fingerprint density at radius 2 is 1.72 bits per heavy atom. The van der Waals surface area contributed by atoms with Crippen LogP contribution in [-0.4, -0.2) is 125 Å². The molecule has 0 bridgehead atoms. The summed E-state index contributed by atoms with van der Waals surface area (Å²) in [5.41, 5.74) is 7.47. The molecule has 0 atom stereocenters. The molecule has 64 heavy (non-hydrogen) atoms. The summed E-state index contributed by atoms with van der Waals surface area (Å²) in [5.74, 6) is -2.94. The summed E-state index contributed by atoms with van der Waals surface area (Å²) in [5, 5.41) is 0.918. The number of sulfone groups is 1. The number of H-pyrrole nitrogens is 1. The van der Waals surface area contributed by atoms with E-state index in [2.05, 4.69) is 14.9 Å². The maximum Gasteiger partial charge on any atom is 0.252 e. The van der Waals surface area contributed by atoms with Crippen LogP contribution in [-0.2, 0) is 14.6 Å². The van der Waals surface area contributed by atoms with Crippen LogP contribution in [0, 0.1) is 5.82 Å². The number of primary amides is 1. The molecule has 0 radical (unpaired) electrons. The molecule has 19 heteroatoms. The lowest BCUT2D eigenvalue weighted by Gasteiger charge is -2.40. The number of nitrogens with zero attached hydrogens (tertiary/aromatic N) is 4. The number of alkyl halides is 3. The third kappa shape index (κ3) is 9.70. The number of pyridine rings is 1. The largest absolute Gasteiger partial charge is 0.473 e. The van der Waals surface area contributed by atoms with Crippen molar-refractivity contribution in [2.75, 3.05) is 83.9 Å². The Morgan fingerprint density at radius 1 is 0.984 bits per heavy atom. The molecule has 1 amide bonds. The number of hydrogen-bond donors (Lipinski definition) is 2. The smallest absolute Gasteiger partial charge is 0.252 e. The highest BCUT2D eigenvalue weighted by Gasteiger charge is 2.37. The average Bonchev–Trinajstić information content (AvgIpc) is 3.74. The van der Waals surface area contributed by atoms with E-state index in [0.29, 0.717) is 55.1 Å². The van der Waals surface area contributed by atoms with Crippen molar-refractivity contribution in [3.05, 3.63) is 106 Å². The summed E-state index contributed by atoms with van der Waals surface area (Å²) < 4.78 is 106. The number of carbonyl (C=O) groups excluding carboxylic acids is 1. The number of anilines is 1. The van der Waals surface area contributed by atoms with Gasteiger partial charge in [0.25, 0.3) is 5.91 Å². The number of fused-ring (bicyclic) bond motifs is 1. The molecule has 0 spiro atoms. The predicted octanol–water partition coefficient (Wildman–Crippen LogP) is 8.22. The van der Waals surface area contributed by atoms with E-state index in [1.165, 1.54) is 24.3 Å². The number of nitrogens with one attached hydrogen (secondary N) is 1. The van der Waals surface area contributed by atoms with Gasteiger partial charge >= 0.3 is 0 Å². The van der Waals surface area contributed by atoms with Gasteiger partial charge in [-0.05, 0) is 65.6 Å². The minimum atomic E-state index is -4.75. The summed E-state index contributed by atoms with van der Waals surface area (Å²) in [7, 11) is -4.75. The molecule has 340 valence electrons. The lowest BCUT2D eigenvalue weighted by atomic mass is 9.92. The van der Waals surface area contributed by atoms with Crippen LogP contribution in [0.3, 0.4) is 0 Å². The second-order valence-electron chi connectivity index (χ2n) is 16.2. The van der Waals surface area contributed by atoms with Gasteiger partial charge in [-0.15, -0.1) is 0 Å². The highest BCUT2D eigenvalue weighted by Crippen LogP contribution is 2.44. The zero-order valence-electron chi connectivity index (χ0n) is 34.6. The number of nitrogens with two attached hydrogens (primary N) is 1. The first-order valence-corrected chi connectivity index (χ1v) is 23.0. The molecule has 5 heterocycles. The van der Waals surface area contributed by atoms with Crippen molar-refractivity contribution in [2.24, 2.45) is 5.73 Å². The Hall–Kier alpha value is -4.91. The maximum absolute atomic E-state index is 15.7. The van der Waals surface area contributed by atoms with Crippen LogP contribution in [0.15, 0.2) is 88.4 Å². The molecule has 12 nitrogen and oxygen atoms in total. The number of carbonyl (C=O) groups is 1. The molecule has 2 fully saturated rings. The fourth-order valence-corrected chi connectivity index (χ4v) is 10.4. The first-order valence-electron chi connectivity index (χ1n) is 20.8. The van der Waals surface area contributed by atoms with Gasteiger partial charge in [0.15, 0.2) is 17.3 Å². The van der Waals surface area contributed by atoms with Crippen LogP contribution in [0.2, 0.25) is 10.0 Å². The molecule has 3 aliphatic heterocycles. The number of amides is 1. The normalized spacial score (nSPS) is 17.6. The molecular weight excluding hydrogens is 899 g/mol. The van der Waals surface area contributed by atoms with Crippen LogP contribution in [0.4, 0.5) is 23.2 Å². The van der Waals surface area contributed by atoms with E-state index in [9.17, 15) is 13.6 Å². The van der Waals surface area contributed by atoms with Gasteiger partial charge < -0.3 is 29.8 Å². The summed E-state index contributed by atoms with van der Waals surface area (Å²) in [6.07, 6.45) is 3.40. The van der Waals surface area contributed by atoms with Crippen LogP contribution >= 0.6 is 23.2 Å². The zero-order valence-corrected chi connectivity index (χ0v) is 36.9. The molecule has 8 rings (SSSR count). The number of aromatic nitrogens is 2. The van der Waals surface area contributed by atoms with Gasteiger partial charge in [-0.3, -0.25) is 14.6 Å². The number of aromatic amines is 1. The van der Waals surface area contributed by atoms with E-state index >= 15 is 17.2 Å². The molecule has 0 saturated carbocycles. The third-order valence-electron chi connectivity index (χ3n) is 12.1. The molecule has 0 unspecified atom stereocenters. The monoisotopic (exact) mass is 944 g/mol. The van der Waals surface area contributed by atoms with Crippen molar-refractivity contribution in [3.8, 4) is 17.4 Å². The summed E-state index contributed by atoms with van der Waals surface area (Å²) >= 11 is 12.8. The fraction of sp³-hybridized carbons (Fsp3) is 0.378. The van der Waals surface area contributed by atoms with Gasteiger partial charge in [0, 0.05) is 100 Å². The fourth-order valence-electron chi connectivity index (χ4n) is 8.42. The quantitative estimate of drug-likeness (QED) is 0.0987. The topological polar surface area (TPSA) is 143 Å². The van der Waals surface area contributed by atoms with Crippen molar-refractivity contribution in [2.45, 2.75) is 40.8 Å². The van der Waals surface area contributed by atoms with Crippen molar-refractivity contribution in [1.29, 1.82) is 0 Å². The molecule has 0 aliphatic carbocycles. The molecule has 2 aromatic heterocycles. The molecular formula is C45H46Cl2F4N6O6S. The highest BCUT2D eigenvalue weighted by molar-refractivity contribution is 7.91. The Kier molecular flexibility index (Phi) is 13.8. The van der Waals surface area contributed by atoms with Gasteiger partial charge in [-0.25, -0.2) is 31.0 Å². The van der Waals surface area contributed by atoms with Gasteiger partial charge in [-0.2, -0.15) is 0 Å². The second kappa shape index (κ2) is 19.3. The zero-order chi connectivity index (χ0) is 45.2. The second-order valence-corrected chi connectivity index (χ2v) is 18.9. The minimum Gasteiger partial charge on any atom is -0.473 e. The molecule has 3 aromatic carbocycles. The van der Waals surface area contributed by atoms with Crippen LogP contribution in [0.25, 0.3) is 16.5 Å². The van der Waals surface area contributed by atoms with Crippen molar-refractivity contribution in [1.82, 2.24) is 19.8 Å². The standard InChI is InChI=1S/C45H46Cl2F4N6O6S/c46-31-3-1-28(2-4-31)34-8-12-57(32(22-48)23-49)26-30(34)25-55-13-15-56(16-14-55)39-6-5-35(43(52)58)41(63-40-19-29-7-11-53-38(29)21-37(40)50)42(39)64(59,60)33-20-36(47)44(54-24-33)62-27-45(51)9-17-61-18-10-45/h1-7,11,19-21,24,32,53H,8-10,12-18,22-23,25-27H2,(H2,52,58). The number of hydrogen-bond acceptors (Lipinski definition) is 10. The van der Waals surface area contributed by atoms with Crippen molar-refractivity contribution in [3.63, 3.8) is 0 Å². The Bertz CT molecular complexity index is 2650. The minimum absolute atomic E-state index is 0.104. The molecule has 3 aliphatic rings. The lowest BCUT2D eigenvalue weighted by Crippen LogP contribution is -2.49. The number of ether oxygens (including phenoxy) is 3. The highest BCUT2D eigenvalue weighted by atomic mass is 35.5. The van der Waals surface area contributed by atoms with Gasteiger partial charge in [0.2, 0.25) is 15.7 Å². The number of halogens is 6.